The molecule has 84 valence electrons. The molecule has 0 spiro atoms. The predicted molar refractivity (Wildman–Crippen MR) is 57.3 cm³/mol. The summed E-state index contributed by atoms with van der Waals surface area (Å²) in [4.78, 5) is 0. The molecule has 2 N–H and O–H groups in total. The van der Waals surface area contributed by atoms with E-state index in [1.807, 2.05) is 0 Å². The minimum Gasteiger partial charge on any atom is -0.389 e. The molecule has 0 bridgehead atoms. The van der Waals surface area contributed by atoms with Crippen molar-refractivity contribution < 1.29 is 9.84 Å². The third-order valence-electron chi connectivity index (χ3n) is 3.00. The van der Waals surface area contributed by atoms with E-state index in [-0.39, 0.29) is 12.1 Å². The maximum atomic E-state index is 9.54. The normalized spacial score (nSPS) is 31.7. The highest BCUT2D eigenvalue weighted by Gasteiger charge is 2.27. The van der Waals surface area contributed by atoms with Crippen molar-refractivity contribution in [2.45, 2.75) is 51.8 Å². The SMILES string of the molecule is CCC(C)CC(C)NC1COCC1O. The maximum absolute atomic E-state index is 9.54. The van der Waals surface area contributed by atoms with Gasteiger partial charge in [0.25, 0.3) is 0 Å². The summed E-state index contributed by atoms with van der Waals surface area (Å²) in [5.41, 5.74) is 0. The number of aliphatic hydroxyl groups excluding tert-OH is 1. The van der Waals surface area contributed by atoms with Crippen molar-refractivity contribution in [3.8, 4) is 0 Å². The van der Waals surface area contributed by atoms with Crippen LogP contribution in [0.4, 0.5) is 0 Å². The third-order valence-corrected chi connectivity index (χ3v) is 3.00. The summed E-state index contributed by atoms with van der Waals surface area (Å²) in [5, 5.41) is 13.0. The number of hydrogen-bond acceptors (Lipinski definition) is 3. The second kappa shape index (κ2) is 5.69. The summed E-state index contributed by atoms with van der Waals surface area (Å²) in [7, 11) is 0. The van der Waals surface area contributed by atoms with E-state index in [9.17, 15) is 5.11 Å². The Kier molecular flexibility index (Phi) is 4.85. The van der Waals surface area contributed by atoms with Gasteiger partial charge in [-0.25, -0.2) is 0 Å². The van der Waals surface area contributed by atoms with Crippen LogP contribution in [0.3, 0.4) is 0 Å². The number of aliphatic hydroxyl groups is 1. The van der Waals surface area contributed by atoms with Gasteiger partial charge in [-0.3, -0.25) is 0 Å². The summed E-state index contributed by atoms with van der Waals surface area (Å²) in [6, 6.07) is 0.598. The maximum Gasteiger partial charge on any atom is 0.0948 e. The van der Waals surface area contributed by atoms with Crippen molar-refractivity contribution in [1.82, 2.24) is 5.32 Å². The van der Waals surface area contributed by atoms with Gasteiger partial charge in [-0.2, -0.15) is 0 Å². The van der Waals surface area contributed by atoms with Gasteiger partial charge in [-0.15, -0.1) is 0 Å². The summed E-state index contributed by atoms with van der Waals surface area (Å²) < 4.78 is 5.19. The van der Waals surface area contributed by atoms with Crippen molar-refractivity contribution in [1.29, 1.82) is 0 Å². The van der Waals surface area contributed by atoms with Crippen LogP contribution < -0.4 is 5.32 Å². The van der Waals surface area contributed by atoms with Crippen LogP contribution >= 0.6 is 0 Å². The van der Waals surface area contributed by atoms with Crippen molar-refractivity contribution in [2.24, 2.45) is 5.92 Å². The molecular formula is C11H23NO2. The molecule has 1 aliphatic heterocycles. The second-order valence-electron chi connectivity index (χ2n) is 4.53. The first kappa shape index (κ1) is 12.0. The lowest BCUT2D eigenvalue weighted by molar-refractivity contribution is 0.121. The molecule has 0 amide bonds. The molecule has 0 saturated carbocycles. The molecule has 0 aromatic rings. The molecule has 14 heavy (non-hydrogen) atoms. The van der Waals surface area contributed by atoms with E-state index < -0.39 is 0 Å². The summed E-state index contributed by atoms with van der Waals surface area (Å²) >= 11 is 0. The van der Waals surface area contributed by atoms with Gasteiger partial charge in [-0.1, -0.05) is 20.3 Å². The van der Waals surface area contributed by atoms with E-state index in [2.05, 4.69) is 26.1 Å². The van der Waals surface area contributed by atoms with Crippen LogP contribution in [0, 0.1) is 5.92 Å². The Morgan fingerprint density at radius 2 is 2.14 bits per heavy atom. The zero-order valence-electron chi connectivity index (χ0n) is 9.49. The Labute approximate surface area is 86.8 Å². The van der Waals surface area contributed by atoms with Crippen molar-refractivity contribution in [3.05, 3.63) is 0 Å². The second-order valence-corrected chi connectivity index (χ2v) is 4.53. The van der Waals surface area contributed by atoms with Gasteiger partial charge in [0.2, 0.25) is 0 Å². The lowest BCUT2D eigenvalue weighted by Crippen LogP contribution is -2.44. The first-order chi connectivity index (χ1) is 6.63. The van der Waals surface area contributed by atoms with Crippen LogP contribution in [0.2, 0.25) is 0 Å². The van der Waals surface area contributed by atoms with Gasteiger partial charge in [0.15, 0.2) is 0 Å². The van der Waals surface area contributed by atoms with E-state index in [1.54, 1.807) is 0 Å². The molecule has 0 aromatic carbocycles. The third kappa shape index (κ3) is 3.56. The van der Waals surface area contributed by atoms with Crippen LogP contribution in [-0.4, -0.2) is 36.5 Å². The zero-order chi connectivity index (χ0) is 10.6. The van der Waals surface area contributed by atoms with E-state index in [0.717, 1.165) is 5.92 Å². The Morgan fingerprint density at radius 3 is 2.64 bits per heavy atom. The molecule has 1 aliphatic rings. The van der Waals surface area contributed by atoms with Crippen molar-refractivity contribution in [3.63, 3.8) is 0 Å². The molecule has 1 saturated heterocycles. The van der Waals surface area contributed by atoms with Gasteiger partial charge in [-0.05, 0) is 19.3 Å². The van der Waals surface area contributed by atoms with Crippen LogP contribution in [0.15, 0.2) is 0 Å². The average molecular weight is 201 g/mol. The van der Waals surface area contributed by atoms with E-state index in [4.69, 9.17) is 4.74 Å². The molecule has 0 radical (unpaired) electrons. The molecule has 4 atom stereocenters. The van der Waals surface area contributed by atoms with Gasteiger partial charge >= 0.3 is 0 Å². The highest BCUT2D eigenvalue weighted by atomic mass is 16.5. The molecule has 0 aliphatic carbocycles. The van der Waals surface area contributed by atoms with Crippen LogP contribution in [0.1, 0.15) is 33.6 Å². The summed E-state index contributed by atoms with van der Waals surface area (Å²) in [6.07, 6.45) is 2.06. The summed E-state index contributed by atoms with van der Waals surface area (Å²) in [6.45, 7) is 7.78. The highest BCUT2D eigenvalue weighted by Crippen LogP contribution is 2.12. The van der Waals surface area contributed by atoms with E-state index >= 15 is 0 Å². The standard InChI is InChI=1S/C11H23NO2/c1-4-8(2)5-9(3)12-10-6-14-7-11(10)13/h8-13H,4-7H2,1-3H3. The van der Waals surface area contributed by atoms with Crippen LogP contribution in [0.5, 0.6) is 0 Å². The van der Waals surface area contributed by atoms with Gasteiger partial charge < -0.3 is 15.2 Å². The molecule has 3 nitrogen and oxygen atoms in total. The number of ether oxygens (including phenoxy) is 1. The minimum atomic E-state index is -0.325. The molecule has 0 aromatic heterocycles. The number of nitrogens with one attached hydrogen (secondary N) is 1. The van der Waals surface area contributed by atoms with E-state index in [0.29, 0.717) is 19.3 Å². The zero-order valence-corrected chi connectivity index (χ0v) is 9.49. The Hall–Kier alpha value is -0.120. The van der Waals surface area contributed by atoms with Gasteiger partial charge in [0, 0.05) is 6.04 Å². The first-order valence-electron chi connectivity index (χ1n) is 5.65. The largest absolute Gasteiger partial charge is 0.389 e. The molecular weight excluding hydrogens is 178 g/mol. The quantitative estimate of drug-likeness (QED) is 0.701. The van der Waals surface area contributed by atoms with Gasteiger partial charge in [0.1, 0.15) is 0 Å². The minimum absolute atomic E-state index is 0.133. The first-order valence-corrected chi connectivity index (χ1v) is 5.65. The highest BCUT2D eigenvalue weighted by molar-refractivity contribution is 4.83. The fraction of sp³-hybridized carbons (Fsp3) is 1.00. The smallest absolute Gasteiger partial charge is 0.0948 e. The average Bonchev–Trinajstić information content (AvgIpc) is 2.51. The monoisotopic (exact) mass is 201 g/mol. The molecule has 1 fully saturated rings. The molecule has 4 unspecified atom stereocenters. The summed E-state index contributed by atoms with van der Waals surface area (Å²) in [5.74, 6) is 0.747. The van der Waals surface area contributed by atoms with Crippen molar-refractivity contribution in [2.75, 3.05) is 13.2 Å². The number of hydrogen-bond donors (Lipinski definition) is 2. The fourth-order valence-electron chi connectivity index (χ4n) is 1.91. The topological polar surface area (TPSA) is 41.5 Å². The Balaban J connectivity index is 2.22. The lowest BCUT2D eigenvalue weighted by atomic mass is 9.99. The number of rotatable bonds is 5. The van der Waals surface area contributed by atoms with Crippen LogP contribution in [0.25, 0.3) is 0 Å². The molecule has 1 heterocycles. The van der Waals surface area contributed by atoms with Gasteiger partial charge in [0.05, 0.1) is 25.4 Å². The molecule has 1 rings (SSSR count). The lowest BCUT2D eigenvalue weighted by Gasteiger charge is -2.22. The van der Waals surface area contributed by atoms with Crippen LogP contribution in [-0.2, 0) is 4.74 Å². The molecule has 3 heteroatoms. The fourth-order valence-corrected chi connectivity index (χ4v) is 1.91. The Bertz CT molecular complexity index is 163. The van der Waals surface area contributed by atoms with E-state index in [1.165, 1.54) is 12.8 Å². The predicted octanol–water partition coefficient (Wildman–Crippen LogP) is 1.16. The Morgan fingerprint density at radius 1 is 1.43 bits per heavy atom. The van der Waals surface area contributed by atoms with Crippen molar-refractivity contribution >= 4 is 0 Å².